The summed E-state index contributed by atoms with van der Waals surface area (Å²) in [4.78, 5) is 56.2. The minimum atomic E-state index is -0.783. The van der Waals surface area contributed by atoms with Crippen molar-refractivity contribution in [1.82, 2.24) is 20.6 Å². The number of amides is 3. The number of pyridine rings is 1. The van der Waals surface area contributed by atoms with Gasteiger partial charge in [0.05, 0.1) is 5.52 Å². The van der Waals surface area contributed by atoms with E-state index in [1.54, 1.807) is 32.9 Å². The summed E-state index contributed by atoms with van der Waals surface area (Å²) >= 11 is 0. The number of benzene rings is 2. The Bertz CT molecular complexity index is 1630. The van der Waals surface area contributed by atoms with E-state index in [1.165, 1.54) is 6.07 Å². The third-order valence-corrected chi connectivity index (χ3v) is 6.85. The number of aromatic amines is 2. The monoisotopic (exact) mass is 573 g/mol. The number of aromatic nitrogens is 2. The quantitative estimate of drug-likeness (QED) is 0.159. The SMILES string of the molecule is Cc1cc(=O)[nH]c2cc(NC(=O)C(CCCCNC(=O)OC(C)(C)C)NC(=O)CCc3c[nH]c4ccccc34)ccc12. The Kier molecular flexibility index (Phi) is 9.67. The van der Waals surface area contributed by atoms with Crippen molar-refractivity contribution in [3.8, 4) is 0 Å². The highest BCUT2D eigenvalue weighted by Crippen LogP contribution is 2.21. The second-order valence-corrected chi connectivity index (χ2v) is 11.5. The molecule has 0 radical (unpaired) electrons. The Morgan fingerprint density at radius 2 is 1.76 bits per heavy atom. The van der Waals surface area contributed by atoms with Gasteiger partial charge in [0.1, 0.15) is 11.6 Å². The van der Waals surface area contributed by atoms with Gasteiger partial charge in [-0.25, -0.2) is 4.79 Å². The van der Waals surface area contributed by atoms with E-state index in [4.69, 9.17) is 4.74 Å². The van der Waals surface area contributed by atoms with Gasteiger partial charge in [-0.05, 0) is 82.7 Å². The lowest BCUT2D eigenvalue weighted by Gasteiger charge is -2.20. The van der Waals surface area contributed by atoms with Crippen molar-refractivity contribution in [3.05, 3.63) is 76.2 Å². The molecular weight excluding hydrogens is 534 g/mol. The van der Waals surface area contributed by atoms with Crippen molar-refractivity contribution in [3.63, 3.8) is 0 Å². The fourth-order valence-electron chi connectivity index (χ4n) is 4.84. The molecule has 10 heteroatoms. The second-order valence-electron chi connectivity index (χ2n) is 11.5. The molecule has 42 heavy (non-hydrogen) atoms. The highest BCUT2D eigenvalue weighted by Gasteiger charge is 2.22. The van der Waals surface area contributed by atoms with E-state index in [2.05, 4.69) is 25.9 Å². The minimum absolute atomic E-state index is 0.219. The Labute approximate surface area is 244 Å². The van der Waals surface area contributed by atoms with Crippen LogP contribution < -0.4 is 21.5 Å². The van der Waals surface area contributed by atoms with Crippen LogP contribution in [0.1, 0.15) is 57.6 Å². The number of anilines is 1. The largest absolute Gasteiger partial charge is 0.444 e. The van der Waals surface area contributed by atoms with Crippen LogP contribution in [0.2, 0.25) is 0 Å². The fourth-order valence-corrected chi connectivity index (χ4v) is 4.84. The maximum atomic E-state index is 13.4. The Hall–Kier alpha value is -4.60. The first-order chi connectivity index (χ1) is 20.0. The first-order valence-corrected chi connectivity index (χ1v) is 14.2. The molecule has 2 heterocycles. The van der Waals surface area contributed by atoms with E-state index in [1.807, 2.05) is 43.5 Å². The number of aryl methyl sites for hydroxylation is 2. The molecule has 0 aliphatic heterocycles. The van der Waals surface area contributed by atoms with E-state index in [0.29, 0.717) is 43.4 Å². The maximum Gasteiger partial charge on any atom is 0.407 e. The lowest BCUT2D eigenvalue weighted by molar-refractivity contribution is -0.126. The first kappa shape index (κ1) is 30.4. The summed E-state index contributed by atoms with van der Waals surface area (Å²) in [5.74, 6) is -0.587. The molecule has 4 rings (SSSR count). The fraction of sp³-hybridized carbons (Fsp3) is 0.375. The van der Waals surface area contributed by atoms with Crippen LogP contribution in [0.3, 0.4) is 0 Å². The zero-order valence-corrected chi connectivity index (χ0v) is 24.6. The molecule has 0 aliphatic carbocycles. The number of fused-ring (bicyclic) bond motifs is 2. The van der Waals surface area contributed by atoms with Crippen LogP contribution in [-0.2, 0) is 20.7 Å². The number of alkyl carbamates (subject to hydrolysis) is 1. The van der Waals surface area contributed by atoms with Gasteiger partial charge < -0.3 is 30.7 Å². The van der Waals surface area contributed by atoms with Crippen LogP contribution in [0.25, 0.3) is 21.8 Å². The molecule has 2 aromatic carbocycles. The maximum absolute atomic E-state index is 13.4. The standard InChI is InChI=1S/C32H39N5O5/c1-20-17-29(39)37-27-18-22(13-14-23(20)27)35-30(40)26(11-7-8-16-33-31(41)42-32(2,3)4)36-28(38)15-12-21-19-34-25-10-6-5-9-24(21)25/h5-6,9-10,13-14,17-19,26,34H,7-8,11-12,15-16H2,1-4H3,(H,33,41)(H,35,40)(H,36,38)(H,37,39). The number of unbranched alkanes of at least 4 members (excludes halogenated alkanes) is 1. The van der Waals surface area contributed by atoms with E-state index >= 15 is 0 Å². The number of carbonyl (C=O) groups excluding carboxylic acids is 3. The number of H-pyrrole nitrogens is 2. The summed E-state index contributed by atoms with van der Waals surface area (Å²) < 4.78 is 5.26. The van der Waals surface area contributed by atoms with Crippen LogP contribution >= 0.6 is 0 Å². The van der Waals surface area contributed by atoms with Crippen LogP contribution in [0.4, 0.5) is 10.5 Å². The summed E-state index contributed by atoms with van der Waals surface area (Å²) in [7, 11) is 0. The number of nitrogens with one attached hydrogen (secondary N) is 5. The summed E-state index contributed by atoms with van der Waals surface area (Å²) in [5.41, 5.74) is 3.21. The van der Waals surface area contributed by atoms with Gasteiger partial charge in [-0.15, -0.1) is 0 Å². The number of ether oxygens (including phenoxy) is 1. The number of hydrogen-bond acceptors (Lipinski definition) is 5. The average Bonchev–Trinajstić information content (AvgIpc) is 3.33. The van der Waals surface area contributed by atoms with Crippen molar-refractivity contribution in [2.24, 2.45) is 0 Å². The van der Waals surface area contributed by atoms with Crippen molar-refractivity contribution in [2.45, 2.75) is 71.4 Å². The zero-order chi connectivity index (χ0) is 30.3. The third-order valence-electron chi connectivity index (χ3n) is 6.85. The molecular formula is C32H39N5O5. The van der Waals surface area contributed by atoms with Crippen molar-refractivity contribution < 1.29 is 19.1 Å². The molecule has 1 atom stereocenters. The van der Waals surface area contributed by atoms with Crippen LogP contribution in [0.15, 0.2) is 59.5 Å². The van der Waals surface area contributed by atoms with Crippen molar-refractivity contribution in [2.75, 3.05) is 11.9 Å². The van der Waals surface area contributed by atoms with Crippen molar-refractivity contribution >= 4 is 45.4 Å². The van der Waals surface area contributed by atoms with Gasteiger partial charge in [0, 0.05) is 47.2 Å². The summed E-state index contributed by atoms with van der Waals surface area (Å²) in [5, 5.41) is 10.5. The zero-order valence-electron chi connectivity index (χ0n) is 24.6. The number of rotatable bonds is 11. The topological polar surface area (TPSA) is 145 Å². The van der Waals surface area contributed by atoms with E-state index < -0.39 is 17.7 Å². The smallest absolute Gasteiger partial charge is 0.407 e. The normalized spacial score (nSPS) is 12.2. The lowest BCUT2D eigenvalue weighted by atomic mass is 10.1. The predicted octanol–water partition coefficient (Wildman–Crippen LogP) is 5.07. The summed E-state index contributed by atoms with van der Waals surface area (Å²) in [6.07, 6.45) is 3.73. The molecule has 0 spiro atoms. The summed E-state index contributed by atoms with van der Waals surface area (Å²) in [6, 6.07) is 14.0. The molecule has 0 fully saturated rings. The van der Waals surface area contributed by atoms with Gasteiger partial charge in [0.2, 0.25) is 17.4 Å². The van der Waals surface area contributed by atoms with Gasteiger partial charge in [-0.2, -0.15) is 0 Å². The number of hydrogen-bond donors (Lipinski definition) is 5. The molecule has 0 aliphatic rings. The molecule has 1 unspecified atom stereocenters. The highest BCUT2D eigenvalue weighted by atomic mass is 16.6. The van der Waals surface area contributed by atoms with Crippen LogP contribution in [0, 0.1) is 6.92 Å². The number of para-hydroxylation sites is 1. The average molecular weight is 574 g/mol. The van der Waals surface area contributed by atoms with Gasteiger partial charge in [-0.1, -0.05) is 24.3 Å². The molecule has 222 valence electrons. The molecule has 10 nitrogen and oxygen atoms in total. The molecule has 0 saturated carbocycles. The Balaban J connectivity index is 1.39. The molecule has 5 N–H and O–H groups in total. The number of carbonyl (C=O) groups is 3. The molecule has 0 bridgehead atoms. The summed E-state index contributed by atoms with van der Waals surface area (Å²) in [6.45, 7) is 7.63. The molecule has 2 aromatic heterocycles. The molecule has 3 amide bonds. The molecule has 0 saturated heterocycles. The second kappa shape index (κ2) is 13.4. The molecule has 4 aromatic rings. The Morgan fingerprint density at radius 1 is 0.976 bits per heavy atom. The Morgan fingerprint density at radius 3 is 2.55 bits per heavy atom. The van der Waals surface area contributed by atoms with Crippen LogP contribution in [-0.4, -0.2) is 46.1 Å². The van der Waals surface area contributed by atoms with E-state index in [9.17, 15) is 19.2 Å². The van der Waals surface area contributed by atoms with Gasteiger partial charge in [0.25, 0.3) is 0 Å². The lowest BCUT2D eigenvalue weighted by Crippen LogP contribution is -2.44. The minimum Gasteiger partial charge on any atom is -0.444 e. The van der Waals surface area contributed by atoms with E-state index in [-0.39, 0.29) is 23.8 Å². The highest BCUT2D eigenvalue weighted by molar-refractivity contribution is 5.99. The van der Waals surface area contributed by atoms with Crippen molar-refractivity contribution in [1.29, 1.82) is 0 Å². The van der Waals surface area contributed by atoms with Gasteiger partial charge in [0.15, 0.2) is 0 Å². The van der Waals surface area contributed by atoms with Gasteiger partial charge in [-0.3, -0.25) is 14.4 Å². The van der Waals surface area contributed by atoms with Gasteiger partial charge >= 0.3 is 6.09 Å². The van der Waals surface area contributed by atoms with Crippen LogP contribution in [0.5, 0.6) is 0 Å². The van der Waals surface area contributed by atoms with E-state index in [0.717, 1.165) is 27.4 Å². The predicted molar refractivity (Wildman–Crippen MR) is 165 cm³/mol. The first-order valence-electron chi connectivity index (χ1n) is 14.2. The third kappa shape index (κ3) is 8.45.